The van der Waals surface area contributed by atoms with Crippen molar-refractivity contribution in [2.24, 2.45) is 0 Å². The molecule has 1 amide bonds. The van der Waals surface area contributed by atoms with Crippen LogP contribution in [0.4, 0.5) is 11.4 Å². The minimum Gasteiger partial charge on any atom is -0.495 e. The Labute approximate surface area is 146 Å². The van der Waals surface area contributed by atoms with Crippen molar-refractivity contribution in [3.05, 3.63) is 47.5 Å². The fraction of sp³-hybridized carbons (Fsp3) is 0.278. The highest BCUT2D eigenvalue weighted by Crippen LogP contribution is 2.27. The van der Waals surface area contributed by atoms with Crippen LogP contribution in [0.1, 0.15) is 13.8 Å². The summed E-state index contributed by atoms with van der Waals surface area (Å²) in [6.45, 7) is 4.02. The molecule has 0 aliphatic carbocycles. The monoisotopic (exact) mass is 348 g/mol. The van der Waals surface area contributed by atoms with E-state index in [1.807, 2.05) is 38.1 Å². The molecule has 0 aromatic heterocycles. The van der Waals surface area contributed by atoms with Gasteiger partial charge < -0.3 is 20.1 Å². The van der Waals surface area contributed by atoms with Gasteiger partial charge in [-0.1, -0.05) is 23.7 Å². The van der Waals surface area contributed by atoms with Crippen molar-refractivity contribution in [1.82, 2.24) is 0 Å². The zero-order chi connectivity index (χ0) is 17.5. The number of anilines is 2. The molecule has 0 radical (unpaired) electrons. The van der Waals surface area contributed by atoms with E-state index in [2.05, 4.69) is 10.6 Å². The van der Waals surface area contributed by atoms with Crippen molar-refractivity contribution in [3.8, 4) is 11.5 Å². The Bertz CT molecular complexity index is 704. The maximum atomic E-state index is 12.1. The summed E-state index contributed by atoms with van der Waals surface area (Å²) in [6, 6.07) is 12.6. The molecule has 2 rings (SSSR count). The Kier molecular flexibility index (Phi) is 6.32. The van der Waals surface area contributed by atoms with Crippen LogP contribution < -0.4 is 20.1 Å². The fourth-order valence-corrected chi connectivity index (χ4v) is 2.35. The first-order chi connectivity index (χ1) is 11.5. The van der Waals surface area contributed by atoms with Gasteiger partial charge in [0.25, 0.3) is 0 Å². The smallest absolute Gasteiger partial charge is 0.243 e. The summed E-state index contributed by atoms with van der Waals surface area (Å²) in [7, 11) is 1.54. The highest BCUT2D eigenvalue weighted by molar-refractivity contribution is 6.32. The molecule has 2 aromatic rings. The number of carbonyl (C=O) groups excluding carboxylic acids is 1. The third-order valence-electron chi connectivity index (χ3n) is 3.12. The van der Waals surface area contributed by atoms with E-state index in [1.54, 1.807) is 25.3 Å². The fourth-order valence-electron chi connectivity index (χ4n) is 2.09. The highest BCUT2D eigenvalue weighted by atomic mass is 35.5. The van der Waals surface area contributed by atoms with Gasteiger partial charge in [0.15, 0.2) is 0 Å². The van der Waals surface area contributed by atoms with Gasteiger partial charge in [-0.3, -0.25) is 4.79 Å². The number of rotatable bonds is 7. The molecule has 128 valence electrons. The number of hydrogen-bond acceptors (Lipinski definition) is 4. The van der Waals surface area contributed by atoms with Crippen LogP contribution in [0, 0.1) is 0 Å². The highest BCUT2D eigenvalue weighted by Gasteiger charge is 2.08. The molecule has 6 heteroatoms. The van der Waals surface area contributed by atoms with Gasteiger partial charge in [-0.2, -0.15) is 0 Å². The van der Waals surface area contributed by atoms with Gasteiger partial charge in [-0.15, -0.1) is 0 Å². The average Bonchev–Trinajstić information content (AvgIpc) is 2.54. The molecule has 24 heavy (non-hydrogen) atoms. The summed E-state index contributed by atoms with van der Waals surface area (Å²) >= 11 is 6.05. The van der Waals surface area contributed by atoms with Crippen molar-refractivity contribution in [3.63, 3.8) is 0 Å². The van der Waals surface area contributed by atoms with Gasteiger partial charge in [-0.05, 0) is 44.2 Å². The van der Waals surface area contributed by atoms with Crippen LogP contribution in [-0.2, 0) is 4.79 Å². The average molecular weight is 349 g/mol. The number of hydrogen-bond donors (Lipinski definition) is 2. The van der Waals surface area contributed by atoms with Crippen LogP contribution in [0.5, 0.6) is 11.5 Å². The molecular weight excluding hydrogens is 328 g/mol. The molecule has 0 atom stereocenters. The molecule has 0 aliphatic heterocycles. The topological polar surface area (TPSA) is 59.6 Å². The quantitative estimate of drug-likeness (QED) is 0.787. The predicted octanol–water partition coefficient (Wildman–Crippen LogP) is 4.19. The third kappa shape index (κ3) is 5.06. The minimum atomic E-state index is -0.185. The van der Waals surface area contributed by atoms with Gasteiger partial charge in [-0.25, -0.2) is 0 Å². The van der Waals surface area contributed by atoms with Crippen molar-refractivity contribution < 1.29 is 14.3 Å². The number of amides is 1. The van der Waals surface area contributed by atoms with Crippen LogP contribution in [0.3, 0.4) is 0 Å². The molecule has 0 saturated carbocycles. The normalized spacial score (nSPS) is 10.4. The van der Waals surface area contributed by atoms with Gasteiger partial charge in [0, 0.05) is 5.69 Å². The van der Waals surface area contributed by atoms with E-state index in [9.17, 15) is 4.79 Å². The van der Waals surface area contributed by atoms with E-state index in [4.69, 9.17) is 21.1 Å². The second-order valence-electron chi connectivity index (χ2n) is 5.41. The lowest BCUT2D eigenvalue weighted by molar-refractivity contribution is -0.114. The van der Waals surface area contributed by atoms with Crippen molar-refractivity contribution in [2.75, 3.05) is 24.3 Å². The third-order valence-corrected chi connectivity index (χ3v) is 3.42. The first-order valence-electron chi connectivity index (χ1n) is 7.62. The molecule has 0 fully saturated rings. The number of ether oxygens (including phenoxy) is 2. The number of carbonyl (C=O) groups is 1. The molecule has 2 aromatic carbocycles. The Hall–Kier alpha value is -2.40. The molecule has 0 heterocycles. The molecule has 0 aliphatic rings. The number of para-hydroxylation sites is 2. The molecule has 0 spiro atoms. The van der Waals surface area contributed by atoms with E-state index in [-0.39, 0.29) is 18.6 Å². The largest absolute Gasteiger partial charge is 0.495 e. The van der Waals surface area contributed by atoms with E-state index < -0.39 is 0 Å². The van der Waals surface area contributed by atoms with E-state index in [0.717, 1.165) is 5.69 Å². The number of nitrogens with one attached hydrogen (secondary N) is 2. The maximum absolute atomic E-state index is 12.1. The molecular formula is C18H21ClN2O3. The maximum Gasteiger partial charge on any atom is 0.243 e. The van der Waals surface area contributed by atoms with Crippen LogP contribution in [0.2, 0.25) is 5.02 Å². The Morgan fingerprint density at radius 1 is 1.17 bits per heavy atom. The lowest BCUT2D eigenvalue weighted by Gasteiger charge is -2.15. The lowest BCUT2D eigenvalue weighted by Crippen LogP contribution is -2.22. The Morgan fingerprint density at radius 3 is 2.58 bits per heavy atom. The summed E-state index contributed by atoms with van der Waals surface area (Å²) in [5.41, 5.74) is 1.38. The number of methoxy groups -OCH3 is 1. The minimum absolute atomic E-state index is 0.0585. The van der Waals surface area contributed by atoms with Gasteiger partial charge >= 0.3 is 0 Å². The van der Waals surface area contributed by atoms with Crippen LogP contribution >= 0.6 is 11.6 Å². The zero-order valence-electron chi connectivity index (χ0n) is 13.9. The summed E-state index contributed by atoms with van der Waals surface area (Å²) in [4.78, 5) is 12.1. The van der Waals surface area contributed by atoms with Crippen molar-refractivity contribution in [2.45, 2.75) is 20.0 Å². The van der Waals surface area contributed by atoms with E-state index >= 15 is 0 Å². The molecule has 5 nitrogen and oxygen atoms in total. The second-order valence-corrected chi connectivity index (χ2v) is 5.82. The first-order valence-corrected chi connectivity index (χ1v) is 8.00. The standard InChI is InChI=1S/C18H21ClN2O3/c1-12(2)24-17-7-5-4-6-15(17)20-11-18(22)21-13-8-9-16(23-3)14(19)10-13/h4-10,12,20H,11H2,1-3H3,(H,21,22). The first kappa shape index (κ1) is 17.9. The van der Waals surface area contributed by atoms with Gasteiger partial charge in [0.1, 0.15) is 11.5 Å². The summed E-state index contributed by atoms with van der Waals surface area (Å²) in [6.07, 6.45) is 0.0585. The lowest BCUT2D eigenvalue weighted by atomic mass is 10.2. The Balaban J connectivity index is 1.95. The summed E-state index contributed by atoms with van der Waals surface area (Å²) in [5.74, 6) is 1.09. The second kappa shape index (κ2) is 8.45. The van der Waals surface area contributed by atoms with Gasteiger partial charge in [0.05, 0.1) is 30.5 Å². The SMILES string of the molecule is COc1ccc(NC(=O)CNc2ccccc2OC(C)C)cc1Cl. The molecule has 0 saturated heterocycles. The predicted molar refractivity (Wildman–Crippen MR) is 97.3 cm³/mol. The molecule has 0 unspecified atom stereocenters. The molecule has 2 N–H and O–H groups in total. The Morgan fingerprint density at radius 2 is 1.92 bits per heavy atom. The number of halogens is 1. The van der Waals surface area contributed by atoms with Crippen molar-refractivity contribution >= 4 is 28.9 Å². The van der Waals surface area contributed by atoms with E-state index in [0.29, 0.717) is 22.2 Å². The van der Waals surface area contributed by atoms with Crippen LogP contribution in [0.25, 0.3) is 0 Å². The van der Waals surface area contributed by atoms with Crippen LogP contribution in [-0.4, -0.2) is 25.7 Å². The van der Waals surface area contributed by atoms with E-state index in [1.165, 1.54) is 0 Å². The number of benzene rings is 2. The van der Waals surface area contributed by atoms with Gasteiger partial charge in [0.2, 0.25) is 5.91 Å². The zero-order valence-corrected chi connectivity index (χ0v) is 14.7. The summed E-state index contributed by atoms with van der Waals surface area (Å²) in [5, 5.41) is 6.31. The molecule has 0 bridgehead atoms. The summed E-state index contributed by atoms with van der Waals surface area (Å²) < 4.78 is 10.8. The van der Waals surface area contributed by atoms with Crippen molar-refractivity contribution in [1.29, 1.82) is 0 Å². The van der Waals surface area contributed by atoms with Crippen LogP contribution in [0.15, 0.2) is 42.5 Å².